The van der Waals surface area contributed by atoms with Crippen molar-refractivity contribution in [2.45, 2.75) is 24.8 Å². The lowest BCUT2D eigenvalue weighted by molar-refractivity contribution is 0.578. The Morgan fingerprint density at radius 2 is 2.25 bits per heavy atom. The highest BCUT2D eigenvalue weighted by Gasteiger charge is 2.23. The van der Waals surface area contributed by atoms with Gasteiger partial charge in [-0.25, -0.2) is 13.1 Å². The summed E-state index contributed by atoms with van der Waals surface area (Å²) >= 11 is 0. The van der Waals surface area contributed by atoms with E-state index >= 15 is 0 Å². The SMILES string of the molecule is Cc1[nH]nc(CN)c1S(=O)(=O)NCCc1nncn1C. The highest BCUT2D eigenvalue weighted by molar-refractivity contribution is 7.89. The Morgan fingerprint density at radius 1 is 1.50 bits per heavy atom. The van der Waals surface area contributed by atoms with Crippen LogP contribution in [0.15, 0.2) is 11.2 Å². The number of hydrogen-bond acceptors (Lipinski definition) is 6. The van der Waals surface area contributed by atoms with Crippen molar-refractivity contribution in [1.82, 2.24) is 29.7 Å². The summed E-state index contributed by atoms with van der Waals surface area (Å²) in [5.41, 5.74) is 6.29. The molecular weight excluding hydrogens is 282 g/mol. The van der Waals surface area contributed by atoms with E-state index in [-0.39, 0.29) is 18.0 Å². The number of nitrogens with zero attached hydrogens (tertiary/aromatic N) is 4. The van der Waals surface area contributed by atoms with Crippen molar-refractivity contribution in [3.05, 3.63) is 23.5 Å². The van der Waals surface area contributed by atoms with Crippen LogP contribution in [0.25, 0.3) is 0 Å². The van der Waals surface area contributed by atoms with Crippen molar-refractivity contribution >= 4 is 10.0 Å². The molecule has 0 aromatic carbocycles. The fourth-order valence-electron chi connectivity index (χ4n) is 1.87. The average Bonchev–Trinajstić information content (AvgIpc) is 2.96. The van der Waals surface area contributed by atoms with Crippen molar-refractivity contribution < 1.29 is 8.42 Å². The van der Waals surface area contributed by atoms with Gasteiger partial charge in [0.2, 0.25) is 10.0 Å². The van der Waals surface area contributed by atoms with Crippen molar-refractivity contribution in [2.24, 2.45) is 12.8 Å². The predicted molar refractivity (Wildman–Crippen MR) is 71.1 cm³/mol. The maximum Gasteiger partial charge on any atom is 0.244 e. The maximum absolute atomic E-state index is 12.2. The molecule has 2 aromatic rings. The van der Waals surface area contributed by atoms with Crippen LogP contribution in [0.2, 0.25) is 0 Å². The van der Waals surface area contributed by atoms with E-state index in [1.165, 1.54) is 0 Å². The van der Waals surface area contributed by atoms with Gasteiger partial charge in [-0.15, -0.1) is 10.2 Å². The van der Waals surface area contributed by atoms with Gasteiger partial charge in [0.1, 0.15) is 17.0 Å². The number of H-pyrrole nitrogens is 1. The fourth-order valence-corrected chi connectivity index (χ4v) is 3.27. The number of aromatic nitrogens is 5. The van der Waals surface area contributed by atoms with E-state index in [2.05, 4.69) is 25.1 Å². The summed E-state index contributed by atoms with van der Waals surface area (Å²) < 4.78 is 28.7. The molecule has 4 N–H and O–H groups in total. The molecule has 0 spiro atoms. The molecule has 0 atom stereocenters. The van der Waals surface area contributed by atoms with Crippen LogP contribution >= 0.6 is 0 Å². The molecule has 2 aromatic heterocycles. The van der Waals surface area contributed by atoms with Crippen molar-refractivity contribution in [2.75, 3.05) is 6.54 Å². The molecule has 0 aliphatic carbocycles. The summed E-state index contributed by atoms with van der Waals surface area (Å²) in [4.78, 5) is 0.123. The number of aromatic amines is 1. The zero-order valence-electron chi connectivity index (χ0n) is 11.3. The van der Waals surface area contributed by atoms with Gasteiger partial charge in [0.25, 0.3) is 0 Å². The number of nitrogens with two attached hydrogens (primary N) is 1. The highest BCUT2D eigenvalue weighted by Crippen LogP contribution is 2.16. The lowest BCUT2D eigenvalue weighted by atomic mass is 10.4. The highest BCUT2D eigenvalue weighted by atomic mass is 32.2. The van der Waals surface area contributed by atoms with Crippen LogP contribution in [0.3, 0.4) is 0 Å². The summed E-state index contributed by atoms with van der Waals surface area (Å²) in [6, 6.07) is 0. The second kappa shape index (κ2) is 5.69. The van der Waals surface area contributed by atoms with Gasteiger partial charge in [-0.1, -0.05) is 0 Å². The molecule has 0 fully saturated rings. The van der Waals surface area contributed by atoms with Gasteiger partial charge in [-0.3, -0.25) is 5.10 Å². The number of rotatable bonds is 6. The molecule has 2 rings (SSSR count). The number of hydrogen-bond donors (Lipinski definition) is 3. The summed E-state index contributed by atoms with van der Waals surface area (Å²) in [6.07, 6.45) is 2.02. The fraction of sp³-hybridized carbons (Fsp3) is 0.500. The minimum Gasteiger partial charge on any atom is -0.325 e. The summed E-state index contributed by atoms with van der Waals surface area (Å²) in [5, 5.41) is 14.1. The first-order chi connectivity index (χ1) is 9.45. The minimum absolute atomic E-state index is 0.0594. The summed E-state index contributed by atoms with van der Waals surface area (Å²) in [5.74, 6) is 0.704. The zero-order chi connectivity index (χ0) is 14.8. The Morgan fingerprint density at radius 3 is 2.85 bits per heavy atom. The van der Waals surface area contributed by atoms with E-state index in [9.17, 15) is 8.42 Å². The van der Waals surface area contributed by atoms with Gasteiger partial charge in [0.05, 0.1) is 11.4 Å². The van der Waals surface area contributed by atoms with E-state index in [1.54, 1.807) is 24.9 Å². The van der Waals surface area contributed by atoms with E-state index < -0.39 is 10.0 Å². The Bertz CT molecular complexity index is 688. The molecular formula is C10H17N7O2S. The maximum atomic E-state index is 12.2. The number of sulfonamides is 1. The van der Waals surface area contributed by atoms with Crippen molar-refractivity contribution in [1.29, 1.82) is 0 Å². The first-order valence-corrected chi connectivity index (χ1v) is 7.50. The Labute approximate surface area is 116 Å². The lowest BCUT2D eigenvalue weighted by Gasteiger charge is -2.07. The standard InChI is InChI=1S/C10H17N7O2S/c1-7-10(8(5-11)15-14-7)20(18,19)13-4-3-9-16-12-6-17(9)2/h6,13H,3-5,11H2,1-2H3,(H,14,15). The van der Waals surface area contributed by atoms with E-state index in [4.69, 9.17) is 5.73 Å². The molecule has 0 aliphatic rings. The third-order valence-corrected chi connectivity index (χ3v) is 4.53. The topological polar surface area (TPSA) is 132 Å². The molecule has 0 bridgehead atoms. The number of nitrogens with one attached hydrogen (secondary N) is 2. The first-order valence-electron chi connectivity index (χ1n) is 6.02. The zero-order valence-corrected chi connectivity index (χ0v) is 12.1. The van der Waals surface area contributed by atoms with Crippen molar-refractivity contribution in [3.8, 4) is 0 Å². The summed E-state index contributed by atoms with van der Waals surface area (Å²) in [7, 11) is -1.84. The minimum atomic E-state index is -3.64. The Balaban J connectivity index is 2.08. The molecule has 20 heavy (non-hydrogen) atoms. The normalized spacial score (nSPS) is 11.9. The molecule has 0 unspecified atom stereocenters. The summed E-state index contributed by atoms with van der Waals surface area (Å²) in [6.45, 7) is 1.93. The predicted octanol–water partition coefficient (Wildman–Crippen LogP) is -1.17. The molecule has 0 amide bonds. The molecule has 2 heterocycles. The monoisotopic (exact) mass is 299 g/mol. The lowest BCUT2D eigenvalue weighted by Crippen LogP contribution is -2.28. The molecule has 0 radical (unpaired) electrons. The Hall–Kier alpha value is -1.78. The van der Waals surface area contributed by atoms with Crippen LogP contribution < -0.4 is 10.5 Å². The van der Waals surface area contributed by atoms with Crippen LogP contribution in [-0.2, 0) is 30.0 Å². The van der Waals surface area contributed by atoms with Gasteiger partial charge in [-0.2, -0.15) is 5.10 Å². The molecule has 0 saturated carbocycles. The van der Waals surface area contributed by atoms with E-state index in [0.717, 1.165) is 0 Å². The van der Waals surface area contributed by atoms with Gasteiger partial charge in [0.15, 0.2) is 0 Å². The van der Waals surface area contributed by atoms with Crippen molar-refractivity contribution in [3.63, 3.8) is 0 Å². The van der Waals surface area contributed by atoms with Gasteiger partial charge < -0.3 is 10.3 Å². The Kier molecular flexibility index (Phi) is 4.16. The van der Waals surface area contributed by atoms with Crippen LogP contribution in [-0.4, -0.2) is 39.9 Å². The molecule has 0 aliphatic heterocycles. The number of aryl methyl sites for hydroxylation is 2. The van der Waals surface area contributed by atoms with Crippen LogP contribution in [0.4, 0.5) is 0 Å². The van der Waals surface area contributed by atoms with Crippen LogP contribution in [0.1, 0.15) is 17.2 Å². The molecule has 10 heteroatoms. The van der Waals surface area contributed by atoms with Gasteiger partial charge >= 0.3 is 0 Å². The van der Waals surface area contributed by atoms with E-state index in [1.807, 2.05) is 0 Å². The first kappa shape index (κ1) is 14.6. The third-order valence-electron chi connectivity index (χ3n) is 2.87. The van der Waals surface area contributed by atoms with Gasteiger partial charge in [0, 0.05) is 26.6 Å². The van der Waals surface area contributed by atoms with E-state index in [0.29, 0.717) is 23.6 Å². The molecule has 0 saturated heterocycles. The smallest absolute Gasteiger partial charge is 0.244 e. The molecule has 110 valence electrons. The quantitative estimate of drug-likeness (QED) is 0.615. The third kappa shape index (κ3) is 2.86. The second-order valence-electron chi connectivity index (χ2n) is 4.33. The average molecular weight is 299 g/mol. The second-order valence-corrected chi connectivity index (χ2v) is 6.04. The van der Waals surface area contributed by atoms with Crippen LogP contribution in [0, 0.1) is 6.92 Å². The molecule has 9 nitrogen and oxygen atoms in total. The van der Waals surface area contributed by atoms with Crippen LogP contribution in [0.5, 0.6) is 0 Å². The van der Waals surface area contributed by atoms with Gasteiger partial charge in [-0.05, 0) is 6.92 Å². The largest absolute Gasteiger partial charge is 0.325 e.